The topological polar surface area (TPSA) is 63.6 Å². The van der Waals surface area contributed by atoms with Gasteiger partial charge in [-0.2, -0.15) is 0 Å². The number of halogens is 1. The van der Waals surface area contributed by atoms with E-state index in [1.165, 1.54) is 23.1 Å². The lowest BCUT2D eigenvalue weighted by Crippen LogP contribution is -2.12. The van der Waals surface area contributed by atoms with Crippen LogP contribution in [0, 0.1) is 0 Å². The molecule has 2 unspecified atom stereocenters. The van der Waals surface area contributed by atoms with E-state index in [2.05, 4.69) is 37.4 Å². The van der Waals surface area contributed by atoms with Crippen LogP contribution in [0.4, 0.5) is 0 Å². The van der Waals surface area contributed by atoms with Gasteiger partial charge in [-0.3, -0.25) is 4.79 Å². The fourth-order valence-electron chi connectivity index (χ4n) is 4.12. The number of allylic oxidation sites excluding steroid dienone is 1. The normalized spacial score (nSPS) is 18.4. The highest BCUT2D eigenvalue weighted by Gasteiger charge is 2.22. The number of carbonyl (C=O) groups is 2. The maximum Gasteiger partial charge on any atom is 0.333 e. The molecule has 2 atom stereocenters. The molecule has 4 rings (SSSR count). The number of aliphatic hydroxyl groups is 1. The number of hydrogen-bond donors (Lipinski definition) is 1. The molecule has 0 spiro atoms. The van der Waals surface area contributed by atoms with Gasteiger partial charge in [0.15, 0.2) is 0 Å². The largest absolute Gasteiger partial charge is 0.454 e. The van der Waals surface area contributed by atoms with Gasteiger partial charge in [0.2, 0.25) is 5.24 Å². The number of benzene rings is 2. The number of rotatable bonds is 3. The number of carbonyl (C=O) groups excluding carboxylic acids is 2. The molecule has 188 valence electrons. The third kappa shape index (κ3) is 9.46. The summed E-state index contributed by atoms with van der Waals surface area (Å²) in [5, 5.41) is 9.28. The molecular formula is C30H37ClO4. The summed E-state index contributed by atoms with van der Waals surface area (Å²) in [5.41, 5.74) is 5.81. The minimum atomic E-state index is -0.463. The number of aryl methyl sites for hydroxylation is 2. The number of ether oxygens (including phenoxy) is 1. The molecule has 5 heteroatoms. The summed E-state index contributed by atoms with van der Waals surface area (Å²) in [6.07, 6.45) is 8.37. The Kier molecular flexibility index (Phi) is 11.9. The van der Waals surface area contributed by atoms with E-state index in [0.717, 1.165) is 50.5 Å². The lowest BCUT2D eigenvalue weighted by molar-refractivity contribution is -0.145. The monoisotopic (exact) mass is 496 g/mol. The molecule has 0 aromatic heterocycles. The Balaban J connectivity index is 0.000000209. The predicted octanol–water partition coefficient (Wildman–Crippen LogP) is 7.35. The van der Waals surface area contributed by atoms with Gasteiger partial charge in [0.1, 0.15) is 6.10 Å². The molecule has 0 bridgehead atoms. The van der Waals surface area contributed by atoms with E-state index in [0.29, 0.717) is 11.1 Å². The summed E-state index contributed by atoms with van der Waals surface area (Å²) in [6, 6.07) is 16.5. The third-order valence-corrected chi connectivity index (χ3v) is 6.41. The SMILES string of the molecule is C=C(C)C(=O)Cl.C=C(C)C(=O)OC1CCCCc2ccccc21.OC1CCCCc2ccccc21. The van der Waals surface area contributed by atoms with Crippen molar-refractivity contribution in [2.75, 3.05) is 0 Å². The summed E-state index contributed by atoms with van der Waals surface area (Å²) in [6.45, 7) is 10.1. The summed E-state index contributed by atoms with van der Waals surface area (Å²) in [7, 11) is 0. The van der Waals surface area contributed by atoms with Gasteiger partial charge in [0, 0.05) is 11.1 Å². The lowest BCUT2D eigenvalue weighted by atomic mass is 10.0. The van der Waals surface area contributed by atoms with Crippen molar-refractivity contribution in [2.45, 2.75) is 77.4 Å². The Bertz CT molecular complexity index is 1010. The second kappa shape index (κ2) is 14.7. The van der Waals surface area contributed by atoms with Crippen LogP contribution in [0.1, 0.15) is 86.8 Å². The summed E-state index contributed by atoms with van der Waals surface area (Å²) >= 11 is 4.87. The van der Waals surface area contributed by atoms with Crippen LogP contribution in [-0.2, 0) is 27.2 Å². The Morgan fingerprint density at radius 2 is 1.31 bits per heavy atom. The van der Waals surface area contributed by atoms with E-state index < -0.39 is 5.24 Å². The fourth-order valence-corrected chi connectivity index (χ4v) is 4.12. The van der Waals surface area contributed by atoms with Crippen LogP contribution < -0.4 is 0 Å². The number of esters is 1. The Hall–Kier alpha value is -2.69. The van der Waals surface area contributed by atoms with E-state index in [9.17, 15) is 14.7 Å². The predicted molar refractivity (Wildman–Crippen MR) is 142 cm³/mol. The van der Waals surface area contributed by atoms with E-state index in [1.54, 1.807) is 13.8 Å². The molecule has 2 aromatic rings. The van der Waals surface area contributed by atoms with Gasteiger partial charge in [-0.15, -0.1) is 0 Å². The van der Waals surface area contributed by atoms with Crippen molar-refractivity contribution in [2.24, 2.45) is 0 Å². The van der Waals surface area contributed by atoms with Crippen molar-refractivity contribution < 1.29 is 19.4 Å². The van der Waals surface area contributed by atoms with E-state index in [1.807, 2.05) is 24.3 Å². The van der Waals surface area contributed by atoms with Gasteiger partial charge in [-0.05, 0) is 92.6 Å². The minimum Gasteiger partial charge on any atom is -0.454 e. The van der Waals surface area contributed by atoms with E-state index in [-0.39, 0.29) is 18.2 Å². The van der Waals surface area contributed by atoms with Gasteiger partial charge in [-0.25, -0.2) is 4.79 Å². The number of aliphatic hydroxyl groups excluding tert-OH is 1. The first-order valence-corrected chi connectivity index (χ1v) is 12.6. The summed E-state index contributed by atoms with van der Waals surface area (Å²) in [5.74, 6) is -0.285. The van der Waals surface area contributed by atoms with Crippen molar-refractivity contribution in [3.8, 4) is 0 Å². The van der Waals surface area contributed by atoms with Gasteiger partial charge < -0.3 is 9.84 Å². The van der Waals surface area contributed by atoms with Crippen LogP contribution in [0.15, 0.2) is 72.8 Å². The maximum absolute atomic E-state index is 11.6. The number of fused-ring (bicyclic) bond motifs is 2. The Morgan fingerprint density at radius 1 is 0.829 bits per heavy atom. The lowest BCUT2D eigenvalue weighted by Gasteiger charge is -2.18. The van der Waals surface area contributed by atoms with Crippen LogP contribution in [0.2, 0.25) is 0 Å². The second-order valence-electron chi connectivity index (χ2n) is 9.13. The summed E-state index contributed by atoms with van der Waals surface area (Å²) < 4.78 is 5.52. The second-order valence-corrected chi connectivity index (χ2v) is 9.48. The molecule has 4 nitrogen and oxygen atoms in total. The molecule has 35 heavy (non-hydrogen) atoms. The van der Waals surface area contributed by atoms with Crippen LogP contribution in [0.3, 0.4) is 0 Å². The zero-order valence-electron chi connectivity index (χ0n) is 20.9. The van der Waals surface area contributed by atoms with Crippen molar-refractivity contribution in [1.29, 1.82) is 0 Å². The van der Waals surface area contributed by atoms with Crippen LogP contribution in [0.5, 0.6) is 0 Å². The molecule has 0 heterocycles. The number of hydrogen-bond acceptors (Lipinski definition) is 4. The molecule has 2 aliphatic rings. The zero-order valence-corrected chi connectivity index (χ0v) is 21.7. The molecular weight excluding hydrogens is 460 g/mol. The van der Waals surface area contributed by atoms with Crippen molar-refractivity contribution in [1.82, 2.24) is 0 Å². The van der Waals surface area contributed by atoms with Gasteiger partial charge in [-0.1, -0.05) is 68.1 Å². The highest BCUT2D eigenvalue weighted by Crippen LogP contribution is 2.32. The Labute approximate surface area is 214 Å². The average molecular weight is 497 g/mol. The minimum absolute atomic E-state index is 0.0992. The first-order chi connectivity index (χ1) is 16.7. The first kappa shape index (κ1) is 28.5. The van der Waals surface area contributed by atoms with Crippen LogP contribution >= 0.6 is 11.6 Å². The van der Waals surface area contributed by atoms with Crippen molar-refractivity contribution in [3.05, 3.63) is 95.1 Å². The molecule has 2 aromatic carbocycles. The molecule has 0 saturated heterocycles. The van der Waals surface area contributed by atoms with Crippen molar-refractivity contribution >= 4 is 22.8 Å². The quantitative estimate of drug-likeness (QED) is 0.209. The molecule has 2 aliphatic carbocycles. The molecule has 0 amide bonds. The van der Waals surface area contributed by atoms with Gasteiger partial charge in [0.05, 0.1) is 6.10 Å². The van der Waals surface area contributed by atoms with E-state index >= 15 is 0 Å². The maximum atomic E-state index is 11.6. The smallest absolute Gasteiger partial charge is 0.333 e. The average Bonchev–Trinajstić information content (AvgIpc) is 3.16. The van der Waals surface area contributed by atoms with Crippen LogP contribution in [-0.4, -0.2) is 16.3 Å². The molecule has 0 radical (unpaired) electrons. The third-order valence-electron chi connectivity index (χ3n) is 6.09. The molecule has 0 fully saturated rings. The highest BCUT2D eigenvalue weighted by molar-refractivity contribution is 6.67. The molecule has 0 saturated carbocycles. The van der Waals surface area contributed by atoms with Gasteiger partial charge in [0.25, 0.3) is 0 Å². The Morgan fingerprint density at radius 3 is 1.86 bits per heavy atom. The first-order valence-electron chi connectivity index (χ1n) is 12.3. The van der Waals surface area contributed by atoms with E-state index in [4.69, 9.17) is 16.3 Å². The standard InChI is InChI=1S/C15H18O2.C11H14O.C4H5ClO/c1-11(2)15(16)17-14-10-6-4-8-12-7-3-5-9-13(12)14;12-11-8-4-2-6-9-5-1-3-7-10(9)11;1-3(2)4(5)6/h3,5,7,9,14H,1,4,6,8,10H2,2H3;1,3,5,7,11-12H,2,4,6,8H2;1H2,2H3. The summed E-state index contributed by atoms with van der Waals surface area (Å²) in [4.78, 5) is 21.4. The fraction of sp³-hybridized carbons (Fsp3) is 0.400. The zero-order chi connectivity index (χ0) is 25.8. The highest BCUT2D eigenvalue weighted by atomic mass is 35.5. The molecule has 1 N–H and O–H groups in total. The van der Waals surface area contributed by atoms with Crippen LogP contribution in [0.25, 0.3) is 0 Å². The van der Waals surface area contributed by atoms with Gasteiger partial charge >= 0.3 is 5.97 Å². The molecule has 0 aliphatic heterocycles. The van der Waals surface area contributed by atoms with Crippen molar-refractivity contribution in [3.63, 3.8) is 0 Å².